The molecule has 0 aromatic heterocycles. The average molecular weight is 403 g/mol. The van der Waals surface area contributed by atoms with Crippen LogP contribution >= 0.6 is 0 Å². The summed E-state index contributed by atoms with van der Waals surface area (Å²) in [4.78, 5) is 0. The van der Waals surface area contributed by atoms with Gasteiger partial charge in [0.15, 0.2) is 0 Å². The van der Waals surface area contributed by atoms with Crippen LogP contribution in [-0.4, -0.2) is 21.9 Å². The fourth-order valence-corrected chi connectivity index (χ4v) is 4.93. The molecule has 1 aliphatic rings. The van der Waals surface area contributed by atoms with Crippen molar-refractivity contribution in [1.82, 2.24) is 0 Å². The number of rotatable bonds is 9. The van der Waals surface area contributed by atoms with Crippen LogP contribution in [-0.2, 0) is 0 Å². The summed E-state index contributed by atoms with van der Waals surface area (Å²) in [5.74, 6) is -1.16. The molecule has 0 heterocycles. The first-order valence-electron chi connectivity index (χ1n) is 11.3. The van der Waals surface area contributed by atoms with Crippen LogP contribution in [0.5, 0.6) is 0 Å². The lowest BCUT2D eigenvalue weighted by Crippen LogP contribution is -2.53. The number of halogens is 1. The van der Waals surface area contributed by atoms with E-state index < -0.39 is 17.6 Å². The van der Waals surface area contributed by atoms with E-state index in [-0.39, 0.29) is 17.7 Å². The summed E-state index contributed by atoms with van der Waals surface area (Å²) in [7, 11) is 0. The van der Waals surface area contributed by atoms with Gasteiger partial charge in [0.1, 0.15) is 11.4 Å². The molecular formula is C26H39FO2. The van der Waals surface area contributed by atoms with Crippen LogP contribution in [0.25, 0.3) is 5.57 Å². The van der Waals surface area contributed by atoms with Gasteiger partial charge >= 0.3 is 0 Å². The molecule has 0 spiro atoms. The highest BCUT2D eigenvalue weighted by Crippen LogP contribution is 2.53. The third-order valence-corrected chi connectivity index (χ3v) is 6.26. The van der Waals surface area contributed by atoms with E-state index in [1.54, 1.807) is 6.92 Å². The van der Waals surface area contributed by atoms with Gasteiger partial charge in [0, 0.05) is 5.92 Å². The predicted octanol–water partition coefficient (Wildman–Crippen LogP) is 6.69. The first-order chi connectivity index (χ1) is 13.7. The summed E-state index contributed by atoms with van der Waals surface area (Å²) in [6.45, 7) is 11.6. The fraction of sp³-hybridized carbons (Fsp3) is 0.615. The minimum Gasteiger partial charge on any atom is -0.390 e. The smallest absolute Gasteiger partial charge is 0.125 e. The minimum absolute atomic E-state index is 0.00897. The molecule has 2 N–H and O–H groups in total. The van der Waals surface area contributed by atoms with Crippen LogP contribution in [0.3, 0.4) is 0 Å². The molecule has 0 saturated carbocycles. The second kappa shape index (κ2) is 10.0. The molecule has 3 unspecified atom stereocenters. The second-order valence-electron chi connectivity index (χ2n) is 9.17. The van der Waals surface area contributed by atoms with E-state index in [0.717, 1.165) is 42.4 Å². The lowest BCUT2D eigenvalue weighted by Gasteiger charge is -2.47. The minimum atomic E-state index is -1.65. The highest BCUT2D eigenvalue weighted by molar-refractivity contribution is 5.81. The molecule has 3 heteroatoms. The number of aliphatic hydroxyl groups is 2. The van der Waals surface area contributed by atoms with Gasteiger partial charge in [-0.1, -0.05) is 84.2 Å². The van der Waals surface area contributed by atoms with Gasteiger partial charge in [0.2, 0.25) is 0 Å². The predicted molar refractivity (Wildman–Crippen MR) is 120 cm³/mol. The van der Waals surface area contributed by atoms with Crippen molar-refractivity contribution in [2.45, 2.75) is 85.4 Å². The topological polar surface area (TPSA) is 40.5 Å². The van der Waals surface area contributed by atoms with Crippen molar-refractivity contribution < 1.29 is 14.6 Å². The third-order valence-electron chi connectivity index (χ3n) is 6.26. The Labute approximate surface area is 176 Å². The van der Waals surface area contributed by atoms with E-state index >= 15 is 4.39 Å². The van der Waals surface area contributed by atoms with Gasteiger partial charge in [0.25, 0.3) is 0 Å². The Balaban J connectivity index is 2.80. The lowest BCUT2D eigenvalue weighted by molar-refractivity contribution is -0.0712. The van der Waals surface area contributed by atoms with Gasteiger partial charge in [-0.3, -0.25) is 0 Å². The summed E-state index contributed by atoms with van der Waals surface area (Å²) < 4.78 is 16.0. The van der Waals surface area contributed by atoms with Gasteiger partial charge in [-0.05, 0) is 53.9 Å². The van der Waals surface area contributed by atoms with E-state index in [2.05, 4.69) is 6.92 Å². The van der Waals surface area contributed by atoms with Crippen LogP contribution in [0.1, 0.15) is 79.2 Å². The second-order valence-corrected chi connectivity index (χ2v) is 9.17. The van der Waals surface area contributed by atoms with Crippen molar-refractivity contribution in [2.75, 3.05) is 0 Å². The molecule has 0 bridgehead atoms. The van der Waals surface area contributed by atoms with E-state index in [4.69, 9.17) is 0 Å². The summed E-state index contributed by atoms with van der Waals surface area (Å²) in [5.41, 5.74) is 1.55. The number of allylic oxidation sites excluding steroid dienone is 2. The van der Waals surface area contributed by atoms with Crippen LogP contribution in [0.2, 0.25) is 0 Å². The summed E-state index contributed by atoms with van der Waals surface area (Å²) >= 11 is 0. The monoisotopic (exact) mass is 402 g/mol. The van der Waals surface area contributed by atoms with Crippen LogP contribution < -0.4 is 0 Å². The Morgan fingerprint density at radius 3 is 2.10 bits per heavy atom. The molecule has 0 radical (unpaired) electrons. The molecule has 0 aliphatic heterocycles. The number of aliphatic hydroxyl groups excluding tert-OH is 1. The normalized spacial score (nSPS) is 24.0. The van der Waals surface area contributed by atoms with Crippen molar-refractivity contribution in [3.63, 3.8) is 0 Å². The maximum Gasteiger partial charge on any atom is 0.125 e. The Kier molecular flexibility index (Phi) is 8.25. The molecule has 0 saturated heterocycles. The number of unbranched alkanes of at least 4 members (excludes halogenated alkanes) is 3. The van der Waals surface area contributed by atoms with Crippen molar-refractivity contribution >= 4 is 5.57 Å². The first-order valence-corrected chi connectivity index (χ1v) is 11.3. The number of hydrogen-bond acceptors (Lipinski definition) is 2. The number of benzene rings is 1. The standard InChI is InChI=1S/C26H39FO2/c1-7-8-9-13-16-21-22(17(2)3)25(27)23(18(4)5)26(29,19(6)28)24(21)20-14-11-10-12-15-20/h10-12,14-15,17-19,23,28-29H,7-9,13,16H2,1-6H3. The van der Waals surface area contributed by atoms with Crippen molar-refractivity contribution in [1.29, 1.82) is 0 Å². The Hall–Kier alpha value is -1.45. The molecule has 162 valence electrons. The van der Waals surface area contributed by atoms with Crippen LogP contribution in [0.15, 0.2) is 47.3 Å². The molecule has 3 atom stereocenters. The zero-order valence-corrected chi connectivity index (χ0v) is 19.0. The van der Waals surface area contributed by atoms with E-state index in [9.17, 15) is 10.2 Å². The van der Waals surface area contributed by atoms with Gasteiger partial charge in [0.05, 0.1) is 6.10 Å². The molecule has 0 amide bonds. The SMILES string of the molecule is CCCCCCC1=C(c2ccccc2)C(O)(C(C)O)C(C(C)C)C(F)=C1C(C)C. The van der Waals surface area contributed by atoms with Gasteiger partial charge in [-0.15, -0.1) is 0 Å². The third kappa shape index (κ3) is 4.67. The van der Waals surface area contributed by atoms with Gasteiger partial charge in [-0.25, -0.2) is 4.39 Å². The zero-order valence-electron chi connectivity index (χ0n) is 19.0. The van der Waals surface area contributed by atoms with E-state index in [1.807, 2.05) is 58.0 Å². The molecular weight excluding hydrogens is 363 g/mol. The summed E-state index contributed by atoms with van der Waals surface area (Å²) in [6.07, 6.45) is 3.94. The van der Waals surface area contributed by atoms with Gasteiger partial charge in [-0.2, -0.15) is 0 Å². The Morgan fingerprint density at radius 1 is 1.00 bits per heavy atom. The molecule has 29 heavy (non-hydrogen) atoms. The van der Waals surface area contributed by atoms with Gasteiger partial charge < -0.3 is 10.2 Å². The molecule has 0 fully saturated rings. The highest BCUT2D eigenvalue weighted by atomic mass is 19.1. The van der Waals surface area contributed by atoms with E-state index in [0.29, 0.717) is 12.0 Å². The van der Waals surface area contributed by atoms with E-state index in [1.165, 1.54) is 0 Å². The Morgan fingerprint density at radius 2 is 1.62 bits per heavy atom. The average Bonchev–Trinajstić information content (AvgIpc) is 2.65. The highest BCUT2D eigenvalue weighted by Gasteiger charge is 2.53. The molecule has 1 aliphatic carbocycles. The molecule has 1 aromatic carbocycles. The number of hydrogen-bond donors (Lipinski definition) is 2. The summed E-state index contributed by atoms with van der Waals surface area (Å²) in [5, 5.41) is 22.7. The Bertz CT molecular complexity index is 730. The maximum atomic E-state index is 16.0. The van der Waals surface area contributed by atoms with Crippen molar-refractivity contribution in [2.24, 2.45) is 17.8 Å². The lowest BCUT2D eigenvalue weighted by atomic mass is 9.62. The molecule has 2 nitrogen and oxygen atoms in total. The molecule has 2 rings (SSSR count). The first kappa shape index (κ1) is 23.8. The zero-order chi connectivity index (χ0) is 21.8. The van der Waals surface area contributed by atoms with Crippen molar-refractivity contribution in [3.8, 4) is 0 Å². The summed E-state index contributed by atoms with van der Waals surface area (Å²) in [6, 6.07) is 9.75. The quantitative estimate of drug-likeness (QED) is 0.452. The van der Waals surface area contributed by atoms with Crippen LogP contribution in [0.4, 0.5) is 4.39 Å². The largest absolute Gasteiger partial charge is 0.390 e. The fourth-order valence-electron chi connectivity index (χ4n) is 4.93. The maximum absolute atomic E-state index is 16.0. The van der Waals surface area contributed by atoms with Crippen molar-refractivity contribution in [3.05, 3.63) is 52.9 Å². The molecule has 1 aromatic rings. The van der Waals surface area contributed by atoms with Crippen LogP contribution in [0, 0.1) is 17.8 Å².